The number of thioether (sulfide) groups is 1. The fourth-order valence-electron chi connectivity index (χ4n) is 2.80. The van der Waals surface area contributed by atoms with Gasteiger partial charge >= 0.3 is 0 Å². The van der Waals surface area contributed by atoms with E-state index in [9.17, 15) is 13.2 Å². The molecule has 2 heterocycles. The Balaban J connectivity index is 2.03. The van der Waals surface area contributed by atoms with E-state index in [1.54, 1.807) is 34.9 Å². The summed E-state index contributed by atoms with van der Waals surface area (Å²) in [5.74, 6) is 0.599. The second kappa shape index (κ2) is 9.91. The van der Waals surface area contributed by atoms with Crippen LogP contribution in [0.15, 0.2) is 5.38 Å². The Morgan fingerprint density at radius 1 is 1.38 bits per heavy atom. The largest absolute Gasteiger partial charge is 0.346 e. The van der Waals surface area contributed by atoms with Gasteiger partial charge in [-0.3, -0.25) is 4.79 Å². The SMILES string of the molecule is CCS(=O)(=O)NC(CCSC)C(=O)N1CCCN(c2nc(C)cs2)CC1. The molecular formula is C16H28N4O3S3. The van der Waals surface area contributed by atoms with Crippen LogP contribution in [0.5, 0.6) is 0 Å². The molecule has 1 atom stereocenters. The smallest absolute Gasteiger partial charge is 0.240 e. The first kappa shape index (κ1) is 21.5. The van der Waals surface area contributed by atoms with Gasteiger partial charge in [-0.25, -0.2) is 18.1 Å². The zero-order chi connectivity index (χ0) is 19.2. The molecule has 1 aromatic heterocycles. The Morgan fingerprint density at radius 2 is 2.15 bits per heavy atom. The van der Waals surface area contributed by atoms with Gasteiger partial charge in [-0.1, -0.05) is 0 Å². The van der Waals surface area contributed by atoms with E-state index in [4.69, 9.17) is 0 Å². The van der Waals surface area contributed by atoms with Crippen molar-refractivity contribution in [1.82, 2.24) is 14.6 Å². The number of amides is 1. The number of aromatic nitrogens is 1. The molecule has 0 spiro atoms. The van der Waals surface area contributed by atoms with E-state index in [-0.39, 0.29) is 11.7 Å². The van der Waals surface area contributed by atoms with E-state index in [1.807, 2.05) is 18.6 Å². The molecule has 10 heteroatoms. The highest BCUT2D eigenvalue weighted by Gasteiger charge is 2.29. The van der Waals surface area contributed by atoms with E-state index < -0.39 is 16.1 Å². The molecule has 0 aliphatic carbocycles. The standard InChI is InChI=1S/C16H28N4O3S3/c1-4-26(22,23)18-14(6-11-24-3)15(21)19-7-5-8-20(10-9-19)16-17-13(2)12-25-16/h12,14,18H,4-11H2,1-3H3. The number of nitrogens with one attached hydrogen (secondary N) is 1. The lowest BCUT2D eigenvalue weighted by Crippen LogP contribution is -2.50. The second-order valence-electron chi connectivity index (χ2n) is 6.29. The van der Waals surface area contributed by atoms with Gasteiger partial charge in [0.2, 0.25) is 15.9 Å². The molecule has 0 bridgehead atoms. The van der Waals surface area contributed by atoms with Crippen LogP contribution in [-0.2, 0) is 14.8 Å². The fraction of sp³-hybridized carbons (Fsp3) is 0.750. The lowest BCUT2D eigenvalue weighted by Gasteiger charge is -2.26. The van der Waals surface area contributed by atoms with Gasteiger partial charge in [0.15, 0.2) is 5.13 Å². The van der Waals surface area contributed by atoms with Crippen LogP contribution in [0.1, 0.15) is 25.5 Å². The Bertz CT molecular complexity index is 693. The highest BCUT2D eigenvalue weighted by atomic mass is 32.2. The molecule has 1 aliphatic rings. The number of thiazole rings is 1. The maximum absolute atomic E-state index is 13.0. The molecule has 148 valence electrons. The van der Waals surface area contributed by atoms with Crippen LogP contribution in [0.3, 0.4) is 0 Å². The van der Waals surface area contributed by atoms with E-state index in [1.165, 1.54) is 0 Å². The van der Waals surface area contributed by atoms with E-state index >= 15 is 0 Å². The van der Waals surface area contributed by atoms with Gasteiger partial charge < -0.3 is 9.80 Å². The van der Waals surface area contributed by atoms with Gasteiger partial charge in [0.1, 0.15) is 6.04 Å². The predicted octanol–water partition coefficient (Wildman–Crippen LogP) is 1.55. The van der Waals surface area contributed by atoms with Gasteiger partial charge in [-0.15, -0.1) is 11.3 Å². The summed E-state index contributed by atoms with van der Waals surface area (Å²) in [5.41, 5.74) is 1.01. The van der Waals surface area contributed by atoms with E-state index in [0.717, 1.165) is 29.5 Å². The third kappa shape index (κ3) is 6.11. The summed E-state index contributed by atoms with van der Waals surface area (Å²) in [5, 5.41) is 3.02. The number of aryl methyl sites for hydroxylation is 1. The molecule has 1 saturated heterocycles. The summed E-state index contributed by atoms with van der Waals surface area (Å²) >= 11 is 3.23. The number of carbonyl (C=O) groups is 1. The lowest BCUT2D eigenvalue weighted by molar-refractivity contribution is -0.132. The molecular weight excluding hydrogens is 392 g/mol. The summed E-state index contributed by atoms with van der Waals surface area (Å²) in [6, 6.07) is -0.680. The minimum atomic E-state index is -3.42. The van der Waals surface area contributed by atoms with Crippen molar-refractivity contribution in [3.05, 3.63) is 11.1 Å². The number of anilines is 1. The first-order chi connectivity index (χ1) is 12.4. The Kier molecular flexibility index (Phi) is 8.18. The van der Waals surface area contributed by atoms with Gasteiger partial charge in [0, 0.05) is 31.6 Å². The van der Waals surface area contributed by atoms with Crippen molar-refractivity contribution in [1.29, 1.82) is 0 Å². The maximum Gasteiger partial charge on any atom is 0.240 e. The Morgan fingerprint density at radius 3 is 2.77 bits per heavy atom. The van der Waals surface area contributed by atoms with E-state index in [2.05, 4.69) is 14.6 Å². The van der Waals surface area contributed by atoms with Crippen molar-refractivity contribution in [2.24, 2.45) is 0 Å². The van der Waals surface area contributed by atoms with Crippen LogP contribution >= 0.6 is 23.1 Å². The number of sulfonamides is 1. The Labute approximate surface area is 164 Å². The fourth-order valence-corrected chi connectivity index (χ4v) is 4.95. The van der Waals surface area contributed by atoms with Crippen LogP contribution in [0.2, 0.25) is 0 Å². The molecule has 1 aliphatic heterocycles. The minimum Gasteiger partial charge on any atom is -0.346 e. The molecule has 1 N–H and O–H groups in total. The maximum atomic E-state index is 13.0. The van der Waals surface area contributed by atoms with Gasteiger partial charge in [0.25, 0.3) is 0 Å². The number of rotatable bonds is 8. The summed E-state index contributed by atoms with van der Waals surface area (Å²) in [6.45, 7) is 6.36. The predicted molar refractivity (Wildman–Crippen MR) is 110 cm³/mol. The van der Waals surface area contributed by atoms with Crippen molar-refractivity contribution in [3.63, 3.8) is 0 Å². The van der Waals surface area contributed by atoms with Crippen LogP contribution < -0.4 is 9.62 Å². The molecule has 1 fully saturated rings. The second-order valence-corrected chi connectivity index (χ2v) is 10.2. The molecule has 0 radical (unpaired) electrons. The van der Waals surface area contributed by atoms with Crippen molar-refractivity contribution in [3.8, 4) is 0 Å². The number of hydrogen-bond donors (Lipinski definition) is 1. The molecule has 7 nitrogen and oxygen atoms in total. The molecule has 1 unspecified atom stereocenters. The summed E-state index contributed by atoms with van der Waals surface area (Å²) in [6.07, 6.45) is 3.31. The monoisotopic (exact) mass is 420 g/mol. The third-order valence-corrected chi connectivity index (χ3v) is 7.36. The topological polar surface area (TPSA) is 82.6 Å². The van der Waals surface area contributed by atoms with Crippen molar-refractivity contribution >= 4 is 44.2 Å². The van der Waals surface area contributed by atoms with Crippen LogP contribution in [0, 0.1) is 6.92 Å². The lowest BCUT2D eigenvalue weighted by atomic mass is 10.2. The molecule has 26 heavy (non-hydrogen) atoms. The molecule has 2 rings (SSSR count). The average Bonchev–Trinajstić information content (AvgIpc) is 2.90. The summed E-state index contributed by atoms with van der Waals surface area (Å²) < 4.78 is 26.5. The van der Waals surface area contributed by atoms with Crippen molar-refractivity contribution in [2.75, 3.05) is 48.8 Å². The first-order valence-corrected chi connectivity index (χ1v) is 12.7. The van der Waals surface area contributed by atoms with Gasteiger partial charge in [0.05, 0.1) is 11.4 Å². The zero-order valence-corrected chi connectivity index (χ0v) is 18.1. The van der Waals surface area contributed by atoms with E-state index in [0.29, 0.717) is 26.1 Å². The van der Waals surface area contributed by atoms with Gasteiger partial charge in [-0.05, 0) is 38.7 Å². The normalized spacial score (nSPS) is 17.2. The molecule has 0 aromatic carbocycles. The highest BCUT2D eigenvalue weighted by Crippen LogP contribution is 2.21. The minimum absolute atomic E-state index is 0.0206. The number of nitrogens with zero attached hydrogens (tertiary/aromatic N) is 3. The van der Waals surface area contributed by atoms with Crippen LogP contribution in [0.25, 0.3) is 0 Å². The first-order valence-electron chi connectivity index (χ1n) is 8.81. The number of hydrogen-bond acceptors (Lipinski definition) is 7. The molecule has 0 saturated carbocycles. The van der Waals surface area contributed by atoms with Crippen LogP contribution in [0.4, 0.5) is 5.13 Å². The summed E-state index contributed by atoms with van der Waals surface area (Å²) in [4.78, 5) is 21.5. The van der Waals surface area contributed by atoms with Crippen molar-refractivity contribution < 1.29 is 13.2 Å². The van der Waals surface area contributed by atoms with Crippen LogP contribution in [-0.4, -0.2) is 74.2 Å². The van der Waals surface area contributed by atoms with Gasteiger partial charge in [-0.2, -0.15) is 11.8 Å². The van der Waals surface area contributed by atoms with Crippen molar-refractivity contribution in [2.45, 2.75) is 32.7 Å². The zero-order valence-electron chi connectivity index (χ0n) is 15.6. The average molecular weight is 421 g/mol. The third-order valence-electron chi connectivity index (χ3n) is 4.30. The highest BCUT2D eigenvalue weighted by molar-refractivity contribution is 7.98. The molecule has 1 amide bonds. The quantitative estimate of drug-likeness (QED) is 0.687. The Hall–Kier alpha value is -0.840. The number of carbonyl (C=O) groups excluding carboxylic acids is 1. The summed E-state index contributed by atoms with van der Waals surface area (Å²) in [7, 11) is -3.42. The molecule has 1 aromatic rings.